The number of carbonyl (C=O) groups excluding carboxylic acids is 1. The smallest absolute Gasteiger partial charge is 0.406 e. The first-order chi connectivity index (χ1) is 19.3. The molecule has 2 N–H and O–H groups in total. The van der Waals surface area contributed by atoms with Crippen LogP contribution in [0.25, 0.3) is 10.9 Å². The molecule has 220 valence electrons. The molecule has 2 aromatic carbocycles. The number of alkyl halides is 3. The van der Waals surface area contributed by atoms with E-state index >= 15 is 0 Å². The van der Waals surface area contributed by atoms with Crippen LogP contribution in [0.2, 0.25) is 0 Å². The fourth-order valence-electron chi connectivity index (χ4n) is 5.18. The molecule has 0 unspecified atom stereocenters. The Morgan fingerprint density at radius 2 is 1.93 bits per heavy atom. The Labute approximate surface area is 237 Å². The number of methoxy groups -OCH3 is 1. The molecular weight excluding hydrogens is 557 g/mol. The summed E-state index contributed by atoms with van der Waals surface area (Å²) in [6.07, 6.45) is -1.89. The molecule has 1 saturated heterocycles. The van der Waals surface area contributed by atoms with Crippen LogP contribution in [0, 0.1) is 11.8 Å². The molecule has 0 aliphatic carbocycles. The van der Waals surface area contributed by atoms with Gasteiger partial charge in [0.15, 0.2) is 9.84 Å². The van der Waals surface area contributed by atoms with Crippen molar-refractivity contribution in [3.63, 3.8) is 0 Å². The van der Waals surface area contributed by atoms with Crippen LogP contribution >= 0.6 is 0 Å². The van der Waals surface area contributed by atoms with E-state index in [2.05, 4.69) is 22.5 Å². The van der Waals surface area contributed by atoms with E-state index in [9.17, 15) is 26.4 Å². The molecule has 12 heteroatoms. The van der Waals surface area contributed by atoms with E-state index in [1.807, 2.05) is 17.9 Å². The fraction of sp³-hybridized carbons (Fsp3) is 0.414. The fourth-order valence-corrected chi connectivity index (χ4v) is 5.81. The maximum atomic E-state index is 13.6. The van der Waals surface area contributed by atoms with Gasteiger partial charge in [0.2, 0.25) is 5.91 Å². The Kier molecular flexibility index (Phi) is 8.77. The molecule has 0 radical (unpaired) electrons. The molecule has 2 heterocycles. The van der Waals surface area contributed by atoms with Gasteiger partial charge in [-0.3, -0.25) is 4.79 Å². The lowest BCUT2D eigenvalue weighted by Crippen LogP contribution is -2.47. The van der Waals surface area contributed by atoms with Gasteiger partial charge >= 0.3 is 6.18 Å². The van der Waals surface area contributed by atoms with Crippen molar-refractivity contribution < 1.29 is 31.1 Å². The highest BCUT2D eigenvalue weighted by molar-refractivity contribution is 7.90. The largest absolute Gasteiger partial charge is 0.495 e. The van der Waals surface area contributed by atoms with Gasteiger partial charge in [0.05, 0.1) is 35.4 Å². The number of ether oxygens (including phenoxy) is 1. The van der Waals surface area contributed by atoms with E-state index in [1.165, 1.54) is 19.2 Å². The second-order valence-electron chi connectivity index (χ2n) is 10.2. The Bertz CT molecular complexity index is 1610. The summed E-state index contributed by atoms with van der Waals surface area (Å²) in [5.74, 6) is 6.08. The number of likely N-dealkylation sites (tertiary alicyclic amines) is 1. The number of carbonyl (C=O) groups is 1. The van der Waals surface area contributed by atoms with Gasteiger partial charge in [-0.15, -0.1) is 0 Å². The van der Waals surface area contributed by atoms with Gasteiger partial charge in [-0.1, -0.05) is 12.0 Å². The molecule has 1 fully saturated rings. The number of benzene rings is 2. The lowest BCUT2D eigenvalue weighted by molar-refractivity contribution is -0.140. The summed E-state index contributed by atoms with van der Waals surface area (Å²) in [6, 6.07) is 11.4. The van der Waals surface area contributed by atoms with E-state index in [0.717, 1.165) is 23.7 Å². The summed E-state index contributed by atoms with van der Waals surface area (Å²) in [5, 5.41) is 7.15. The van der Waals surface area contributed by atoms with E-state index in [1.54, 1.807) is 31.2 Å². The highest BCUT2D eigenvalue weighted by Crippen LogP contribution is 2.32. The summed E-state index contributed by atoms with van der Waals surface area (Å²) in [7, 11) is -2.01. The molecule has 2 atom stereocenters. The monoisotopic (exact) mass is 590 g/mol. The van der Waals surface area contributed by atoms with Crippen LogP contribution in [0.4, 0.5) is 24.5 Å². The summed E-state index contributed by atoms with van der Waals surface area (Å²) < 4.78 is 70.8. The van der Waals surface area contributed by atoms with E-state index in [-0.39, 0.29) is 35.1 Å². The third-order valence-electron chi connectivity index (χ3n) is 7.11. The number of rotatable bonds is 7. The molecule has 1 aliphatic heterocycles. The second-order valence-corrected chi connectivity index (χ2v) is 12.2. The Morgan fingerprint density at radius 3 is 2.56 bits per heavy atom. The van der Waals surface area contributed by atoms with Crippen LogP contribution in [-0.4, -0.2) is 68.5 Å². The van der Waals surface area contributed by atoms with Gasteiger partial charge in [-0.2, -0.15) is 13.2 Å². The van der Waals surface area contributed by atoms with E-state index in [4.69, 9.17) is 4.74 Å². The number of nitrogens with zero attached hydrogens (tertiary/aromatic N) is 2. The highest BCUT2D eigenvalue weighted by Gasteiger charge is 2.31. The topological polar surface area (TPSA) is 92.7 Å². The first kappa shape index (κ1) is 30.1. The Balaban J connectivity index is 1.59. The van der Waals surface area contributed by atoms with Crippen molar-refractivity contribution in [1.29, 1.82) is 0 Å². The minimum absolute atomic E-state index is 0.0318. The average molecular weight is 591 g/mol. The number of nitrogens with one attached hydrogen (secondary N) is 2. The first-order valence-electron chi connectivity index (χ1n) is 13.1. The second kappa shape index (κ2) is 11.9. The van der Waals surface area contributed by atoms with Crippen molar-refractivity contribution in [2.75, 3.05) is 37.1 Å². The minimum Gasteiger partial charge on any atom is -0.495 e. The van der Waals surface area contributed by atoms with Crippen LogP contribution in [0.5, 0.6) is 5.75 Å². The van der Waals surface area contributed by atoms with Crippen LogP contribution < -0.4 is 15.4 Å². The molecule has 8 nitrogen and oxygen atoms in total. The highest BCUT2D eigenvalue weighted by atomic mass is 32.2. The molecule has 1 aliphatic rings. The summed E-state index contributed by atoms with van der Waals surface area (Å²) in [5.41, 5.74) is 1.85. The number of halogens is 3. The third kappa shape index (κ3) is 7.27. The third-order valence-corrected chi connectivity index (χ3v) is 8.22. The molecular formula is C29H33F3N4O4S. The quantitative estimate of drug-likeness (QED) is 0.381. The van der Waals surface area contributed by atoms with Gasteiger partial charge in [-0.05, 0) is 56.0 Å². The van der Waals surface area contributed by atoms with Gasteiger partial charge in [0.25, 0.3) is 0 Å². The molecule has 0 bridgehead atoms. The number of anilines is 2. The van der Waals surface area contributed by atoms with Crippen molar-refractivity contribution in [3.8, 4) is 17.6 Å². The van der Waals surface area contributed by atoms with Crippen molar-refractivity contribution >= 4 is 38.0 Å². The van der Waals surface area contributed by atoms with Crippen LogP contribution in [0.15, 0.2) is 47.4 Å². The number of sulfone groups is 1. The van der Waals surface area contributed by atoms with Crippen molar-refractivity contribution in [3.05, 3.63) is 48.2 Å². The van der Waals surface area contributed by atoms with Gasteiger partial charge in [0, 0.05) is 48.9 Å². The molecule has 1 amide bonds. The molecule has 0 saturated carbocycles. The van der Waals surface area contributed by atoms with Gasteiger partial charge < -0.3 is 24.8 Å². The van der Waals surface area contributed by atoms with Crippen LogP contribution in [0.1, 0.15) is 32.4 Å². The van der Waals surface area contributed by atoms with E-state index in [0.29, 0.717) is 34.6 Å². The normalized spacial score (nSPS) is 17.6. The molecule has 1 aromatic heterocycles. The average Bonchev–Trinajstić information content (AvgIpc) is 3.22. The Hall–Kier alpha value is -3.85. The van der Waals surface area contributed by atoms with Crippen molar-refractivity contribution in [2.24, 2.45) is 0 Å². The zero-order valence-electron chi connectivity index (χ0n) is 23.3. The lowest BCUT2D eigenvalue weighted by Gasteiger charge is -2.37. The standard InChI is InChI=1S/C29H33F3N4O4S/c1-19-15-21(12-14-35(19)20(2)37)34-25-8-5-9-27-24(25)16-22(36(27)18-29(30,31)32)7-6-13-33-26-11-10-23(41(4,38)39)17-28(26)40-3/h5,8-11,16-17,19,21,33-34H,12-15,18H2,1-4H3/t19-,21-/m0/s1. The predicted octanol–water partition coefficient (Wildman–Crippen LogP) is 4.89. The maximum Gasteiger partial charge on any atom is 0.406 e. The van der Waals surface area contributed by atoms with Crippen LogP contribution in [-0.2, 0) is 21.2 Å². The number of aromatic nitrogens is 1. The number of fused-ring (bicyclic) bond motifs is 1. The zero-order valence-corrected chi connectivity index (χ0v) is 24.1. The lowest BCUT2D eigenvalue weighted by atomic mass is 9.97. The zero-order chi connectivity index (χ0) is 29.9. The summed E-state index contributed by atoms with van der Waals surface area (Å²) >= 11 is 0. The number of piperidine rings is 1. The molecule has 41 heavy (non-hydrogen) atoms. The van der Waals surface area contributed by atoms with E-state index < -0.39 is 22.6 Å². The SMILES string of the molecule is COc1cc(S(C)(=O)=O)ccc1NCC#Cc1cc2c(N[C@H]3CCN(C(C)=O)[C@@H](C)C3)cccc2n1CC(F)(F)F. The number of amides is 1. The minimum atomic E-state index is -4.45. The number of hydrogen-bond donors (Lipinski definition) is 2. The first-order valence-corrected chi connectivity index (χ1v) is 15.0. The molecule has 4 rings (SSSR count). The van der Waals surface area contributed by atoms with Gasteiger partial charge in [0.1, 0.15) is 12.3 Å². The maximum absolute atomic E-state index is 13.6. The van der Waals surface area contributed by atoms with Crippen molar-refractivity contribution in [2.45, 2.75) is 56.4 Å². The summed E-state index contributed by atoms with van der Waals surface area (Å²) in [4.78, 5) is 13.8. The van der Waals surface area contributed by atoms with Gasteiger partial charge in [-0.25, -0.2) is 8.42 Å². The Morgan fingerprint density at radius 1 is 1.17 bits per heavy atom. The predicted molar refractivity (Wildman–Crippen MR) is 153 cm³/mol. The summed E-state index contributed by atoms with van der Waals surface area (Å²) in [6.45, 7) is 3.06. The van der Waals surface area contributed by atoms with Crippen LogP contribution in [0.3, 0.4) is 0 Å². The molecule has 0 spiro atoms. The number of hydrogen-bond acceptors (Lipinski definition) is 6. The molecule has 3 aromatic rings. The van der Waals surface area contributed by atoms with Crippen molar-refractivity contribution in [1.82, 2.24) is 9.47 Å².